The fourth-order valence-electron chi connectivity index (χ4n) is 4.65. The Kier molecular flexibility index (Phi) is 31.5. The predicted octanol–water partition coefficient (Wildman–Crippen LogP) is 10.4. The van der Waals surface area contributed by atoms with Gasteiger partial charge in [-0.25, -0.2) is 4.57 Å². The number of unbranched alkanes of at least 4 members (excludes halogenated alkanes) is 14. The summed E-state index contributed by atoms with van der Waals surface area (Å²) in [5, 5.41) is 0. The molecule has 1 atom stereocenters. The lowest BCUT2D eigenvalue weighted by atomic mass is 10.1. The van der Waals surface area contributed by atoms with Crippen LogP contribution in [0.5, 0.6) is 0 Å². The van der Waals surface area contributed by atoms with Gasteiger partial charge in [-0.1, -0.05) is 133 Å². The summed E-state index contributed by atoms with van der Waals surface area (Å²) in [5.41, 5.74) is 0. The average molecular weight is 669 g/mol. The molecule has 0 rings (SSSR count). The van der Waals surface area contributed by atoms with E-state index in [1.165, 1.54) is 57.8 Å². The Morgan fingerprint density at radius 2 is 0.978 bits per heavy atom. The molecule has 0 heterocycles. The van der Waals surface area contributed by atoms with Crippen LogP contribution in [0.1, 0.15) is 155 Å². The first-order valence-corrected chi connectivity index (χ1v) is 19.5. The summed E-state index contributed by atoms with van der Waals surface area (Å²) in [4.78, 5) is 42.5. The number of carbonyl (C=O) groups excluding carboxylic acids is 2. The standard InChI is InChI=1S/C37H65O8P/c1-3-5-7-9-11-13-14-15-16-17-18-19-20-21-22-24-25-27-29-31-36(38)43-33-35(34-44-46(40,41)42)45-37(39)32-30-28-26-23-12-10-8-6-4-2/h11,13,15-16,18-19,21-22,35H,3-10,12,14,17,20,23-34H2,1-2H3,(H2,40,41,42)/b13-11-,16-15-,19-18-,22-21-/t35-/m1/s1. The van der Waals surface area contributed by atoms with Gasteiger partial charge >= 0.3 is 19.8 Å². The highest BCUT2D eigenvalue weighted by atomic mass is 31.2. The van der Waals surface area contributed by atoms with Crippen molar-refractivity contribution in [3.63, 3.8) is 0 Å². The quantitative estimate of drug-likeness (QED) is 0.0315. The van der Waals surface area contributed by atoms with E-state index in [4.69, 9.17) is 19.3 Å². The van der Waals surface area contributed by atoms with Crippen molar-refractivity contribution >= 4 is 19.8 Å². The van der Waals surface area contributed by atoms with E-state index in [0.29, 0.717) is 12.8 Å². The smallest absolute Gasteiger partial charge is 0.462 e. The van der Waals surface area contributed by atoms with Gasteiger partial charge in [0.05, 0.1) is 6.61 Å². The Labute approximate surface area is 280 Å². The Hall–Kier alpha value is -1.99. The van der Waals surface area contributed by atoms with Crippen LogP contribution < -0.4 is 0 Å². The van der Waals surface area contributed by atoms with Crippen molar-refractivity contribution in [2.24, 2.45) is 0 Å². The second-order valence-electron chi connectivity index (χ2n) is 11.8. The molecular formula is C37H65O8P. The van der Waals surface area contributed by atoms with Crippen molar-refractivity contribution in [1.82, 2.24) is 0 Å². The molecule has 0 aromatic heterocycles. The largest absolute Gasteiger partial charge is 0.469 e. The molecule has 0 spiro atoms. The number of phosphoric acid groups is 1. The van der Waals surface area contributed by atoms with Crippen LogP contribution in [0.4, 0.5) is 0 Å². The lowest BCUT2D eigenvalue weighted by Gasteiger charge is -2.18. The van der Waals surface area contributed by atoms with Crippen LogP contribution in [0.15, 0.2) is 48.6 Å². The van der Waals surface area contributed by atoms with Gasteiger partial charge in [-0.05, 0) is 57.8 Å². The highest BCUT2D eigenvalue weighted by Crippen LogP contribution is 2.35. The molecule has 46 heavy (non-hydrogen) atoms. The summed E-state index contributed by atoms with van der Waals surface area (Å²) in [6.45, 7) is 3.58. The van der Waals surface area contributed by atoms with Gasteiger partial charge < -0.3 is 19.3 Å². The number of allylic oxidation sites excluding steroid dienone is 8. The lowest BCUT2D eigenvalue weighted by molar-refractivity contribution is -0.161. The number of carbonyl (C=O) groups is 2. The van der Waals surface area contributed by atoms with Crippen LogP contribution in [0.25, 0.3) is 0 Å². The summed E-state index contributed by atoms with van der Waals surface area (Å²) < 4.78 is 26.2. The van der Waals surface area contributed by atoms with E-state index in [1.807, 2.05) is 0 Å². The topological polar surface area (TPSA) is 119 Å². The highest BCUT2D eigenvalue weighted by Gasteiger charge is 2.22. The summed E-state index contributed by atoms with van der Waals surface area (Å²) in [7, 11) is -4.75. The number of ether oxygens (including phenoxy) is 2. The minimum absolute atomic E-state index is 0.204. The SMILES string of the molecule is CCCCC/C=C\C/C=C\C/C=C\C/C=C\CCCCCC(=O)OC[C@H](COP(=O)(O)O)OC(=O)CCCCCCCCCCC. The normalized spacial score (nSPS) is 13.0. The van der Waals surface area contributed by atoms with Crippen molar-refractivity contribution in [2.75, 3.05) is 13.2 Å². The first-order valence-electron chi connectivity index (χ1n) is 17.9. The zero-order valence-electron chi connectivity index (χ0n) is 29.0. The van der Waals surface area contributed by atoms with E-state index < -0.39 is 32.5 Å². The van der Waals surface area contributed by atoms with Gasteiger partial charge in [0.1, 0.15) is 6.61 Å². The van der Waals surface area contributed by atoms with Gasteiger partial charge in [0.15, 0.2) is 6.10 Å². The monoisotopic (exact) mass is 668 g/mol. The third kappa shape index (κ3) is 34.9. The Morgan fingerprint density at radius 3 is 1.50 bits per heavy atom. The van der Waals surface area contributed by atoms with Gasteiger partial charge in [-0.2, -0.15) is 0 Å². The Balaban J connectivity index is 4.03. The van der Waals surface area contributed by atoms with E-state index in [9.17, 15) is 14.2 Å². The highest BCUT2D eigenvalue weighted by molar-refractivity contribution is 7.46. The summed E-state index contributed by atoms with van der Waals surface area (Å²) >= 11 is 0. The van der Waals surface area contributed by atoms with Crippen LogP contribution in [0.3, 0.4) is 0 Å². The van der Waals surface area contributed by atoms with Gasteiger partial charge in [-0.15, -0.1) is 0 Å². The van der Waals surface area contributed by atoms with Crippen LogP contribution in [-0.4, -0.2) is 41.0 Å². The number of hydrogen-bond donors (Lipinski definition) is 2. The lowest BCUT2D eigenvalue weighted by Crippen LogP contribution is -2.29. The maximum atomic E-state index is 12.3. The van der Waals surface area contributed by atoms with Crippen molar-refractivity contribution in [3.05, 3.63) is 48.6 Å². The maximum absolute atomic E-state index is 12.3. The van der Waals surface area contributed by atoms with Crippen LogP contribution >= 0.6 is 7.82 Å². The second-order valence-corrected chi connectivity index (χ2v) is 13.1. The molecule has 0 bridgehead atoms. The number of esters is 2. The van der Waals surface area contributed by atoms with Crippen molar-refractivity contribution in [2.45, 2.75) is 161 Å². The van der Waals surface area contributed by atoms with Crippen molar-refractivity contribution < 1.29 is 37.9 Å². The first kappa shape index (κ1) is 44.0. The molecule has 0 unspecified atom stereocenters. The maximum Gasteiger partial charge on any atom is 0.469 e. The van der Waals surface area contributed by atoms with Crippen molar-refractivity contribution in [3.8, 4) is 0 Å². The molecule has 8 nitrogen and oxygen atoms in total. The Bertz CT molecular complexity index is 890. The molecular weight excluding hydrogens is 603 g/mol. The van der Waals surface area contributed by atoms with E-state index in [2.05, 4.69) is 67.0 Å². The molecule has 0 saturated carbocycles. The van der Waals surface area contributed by atoms with Gasteiger partial charge in [0.25, 0.3) is 0 Å². The van der Waals surface area contributed by atoms with Gasteiger partial charge in [0.2, 0.25) is 0 Å². The fraction of sp³-hybridized carbons (Fsp3) is 0.730. The number of hydrogen-bond acceptors (Lipinski definition) is 6. The van der Waals surface area contributed by atoms with Crippen LogP contribution in [-0.2, 0) is 28.2 Å². The summed E-state index contributed by atoms with van der Waals surface area (Å²) in [6.07, 6.45) is 38.4. The van der Waals surface area contributed by atoms with Crippen molar-refractivity contribution in [1.29, 1.82) is 0 Å². The minimum atomic E-state index is -4.75. The molecule has 0 aromatic carbocycles. The third-order valence-corrected chi connectivity index (χ3v) is 7.84. The molecule has 0 aromatic rings. The molecule has 2 N–H and O–H groups in total. The Morgan fingerprint density at radius 1 is 0.565 bits per heavy atom. The fourth-order valence-corrected chi connectivity index (χ4v) is 5.01. The third-order valence-electron chi connectivity index (χ3n) is 7.35. The van der Waals surface area contributed by atoms with Gasteiger partial charge in [-0.3, -0.25) is 14.1 Å². The van der Waals surface area contributed by atoms with Crippen LogP contribution in [0, 0.1) is 0 Å². The van der Waals surface area contributed by atoms with E-state index in [0.717, 1.165) is 57.8 Å². The van der Waals surface area contributed by atoms with E-state index in [-0.39, 0.29) is 19.4 Å². The molecule has 266 valence electrons. The second kappa shape index (κ2) is 32.9. The molecule has 9 heteroatoms. The van der Waals surface area contributed by atoms with E-state index in [1.54, 1.807) is 0 Å². The zero-order chi connectivity index (χ0) is 34.0. The first-order chi connectivity index (χ1) is 22.3. The zero-order valence-corrected chi connectivity index (χ0v) is 29.9. The molecule has 0 amide bonds. The molecule has 0 aliphatic heterocycles. The minimum Gasteiger partial charge on any atom is -0.462 e. The summed E-state index contributed by atoms with van der Waals surface area (Å²) in [6, 6.07) is 0. The molecule has 0 saturated heterocycles. The van der Waals surface area contributed by atoms with Crippen LogP contribution in [0.2, 0.25) is 0 Å². The van der Waals surface area contributed by atoms with E-state index >= 15 is 0 Å². The number of phosphoric ester groups is 1. The molecule has 0 aliphatic rings. The summed E-state index contributed by atoms with van der Waals surface area (Å²) in [5.74, 6) is -0.927. The number of rotatable bonds is 32. The predicted molar refractivity (Wildman–Crippen MR) is 188 cm³/mol. The molecule has 0 fully saturated rings. The average Bonchev–Trinajstić information content (AvgIpc) is 3.02. The van der Waals surface area contributed by atoms with Gasteiger partial charge in [0, 0.05) is 12.8 Å². The molecule has 0 radical (unpaired) electrons. The molecule has 0 aliphatic carbocycles.